The number of hydrogen-bond donors (Lipinski definition) is 1. The highest BCUT2D eigenvalue weighted by Crippen LogP contribution is 2.25. The Balaban J connectivity index is 2.74. The van der Waals surface area contributed by atoms with Crippen LogP contribution in [0.5, 0.6) is 0 Å². The number of aryl methyl sites for hydroxylation is 1. The molecule has 0 amide bonds. The molecular formula is C13H20ClNO. The van der Waals surface area contributed by atoms with Gasteiger partial charge in [0, 0.05) is 24.8 Å². The molecule has 0 saturated heterocycles. The van der Waals surface area contributed by atoms with Crippen LogP contribution in [0.25, 0.3) is 0 Å². The van der Waals surface area contributed by atoms with Crippen molar-refractivity contribution in [2.75, 3.05) is 13.7 Å². The Morgan fingerprint density at radius 3 is 2.62 bits per heavy atom. The van der Waals surface area contributed by atoms with Gasteiger partial charge in [-0.1, -0.05) is 24.6 Å². The molecule has 2 nitrogen and oxygen atoms in total. The van der Waals surface area contributed by atoms with Crippen molar-refractivity contribution in [2.45, 2.75) is 26.3 Å². The fraction of sp³-hybridized carbons (Fsp3) is 0.538. The van der Waals surface area contributed by atoms with Crippen molar-refractivity contribution in [1.29, 1.82) is 0 Å². The Kier molecular flexibility index (Phi) is 5.26. The molecule has 1 rings (SSSR count). The second-order valence-electron chi connectivity index (χ2n) is 4.35. The van der Waals surface area contributed by atoms with E-state index in [-0.39, 0.29) is 6.04 Å². The van der Waals surface area contributed by atoms with Gasteiger partial charge in [-0.25, -0.2) is 0 Å². The quantitative estimate of drug-likeness (QED) is 0.858. The highest BCUT2D eigenvalue weighted by atomic mass is 35.5. The van der Waals surface area contributed by atoms with E-state index in [0.29, 0.717) is 5.92 Å². The van der Waals surface area contributed by atoms with E-state index in [0.717, 1.165) is 29.2 Å². The SMILES string of the molecule is COCCC(C)C(N)c1cc(C)cc(Cl)c1. The van der Waals surface area contributed by atoms with Crippen LogP contribution in [0.15, 0.2) is 18.2 Å². The van der Waals surface area contributed by atoms with Crippen molar-refractivity contribution in [3.63, 3.8) is 0 Å². The minimum atomic E-state index is 0.0209. The summed E-state index contributed by atoms with van der Waals surface area (Å²) in [5.41, 5.74) is 8.46. The Labute approximate surface area is 103 Å². The van der Waals surface area contributed by atoms with E-state index < -0.39 is 0 Å². The summed E-state index contributed by atoms with van der Waals surface area (Å²) in [6.45, 7) is 4.91. The first-order valence-corrected chi connectivity index (χ1v) is 5.94. The summed E-state index contributed by atoms with van der Waals surface area (Å²) in [7, 11) is 1.71. The number of methoxy groups -OCH3 is 1. The van der Waals surface area contributed by atoms with Gasteiger partial charge in [-0.2, -0.15) is 0 Å². The van der Waals surface area contributed by atoms with Crippen LogP contribution >= 0.6 is 11.6 Å². The number of halogens is 1. The van der Waals surface area contributed by atoms with Crippen molar-refractivity contribution in [1.82, 2.24) is 0 Å². The zero-order chi connectivity index (χ0) is 12.1. The molecule has 0 aliphatic rings. The molecule has 0 fully saturated rings. The summed E-state index contributed by atoms with van der Waals surface area (Å²) in [6, 6.07) is 6.01. The van der Waals surface area contributed by atoms with E-state index in [9.17, 15) is 0 Å². The maximum Gasteiger partial charge on any atom is 0.0465 e. The molecule has 0 saturated carbocycles. The van der Waals surface area contributed by atoms with Gasteiger partial charge >= 0.3 is 0 Å². The highest BCUT2D eigenvalue weighted by Gasteiger charge is 2.15. The number of hydrogen-bond acceptors (Lipinski definition) is 2. The molecule has 0 heterocycles. The maximum absolute atomic E-state index is 6.20. The van der Waals surface area contributed by atoms with E-state index in [1.807, 2.05) is 19.1 Å². The second-order valence-corrected chi connectivity index (χ2v) is 4.78. The van der Waals surface area contributed by atoms with Crippen LogP contribution in [0.4, 0.5) is 0 Å². The summed E-state index contributed by atoms with van der Waals surface area (Å²) in [5, 5.41) is 0.754. The topological polar surface area (TPSA) is 35.2 Å². The van der Waals surface area contributed by atoms with Crippen molar-refractivity contribution in [2.24, 2.45) is 11.7 Å². The van der Waals surface area contributed by atoms with Crippen molar-refractivity contribution in [3.05, 3.63) is 34.3 Å². The normalized spacial score (nSPS) is 14.8. The van der Waals surface area contributed by atoms with Crippen molar-refractivity contribution >= 4 is 11.6 Å². The Bertz CT molecular complexity index is 320. The number of benzene rings is 1. The van der Waals surface area contributed by atoms with E-state index >= 15 is 0 Å². The van der Waals surface area contributed by atoms with Crippen LogP contribution in [-0.2, 0) is 4.74 Å². The average molecular weight is 242 g/mol. The summed E-state index contributed by atoms with van der Waals surface area (Å²) >= 11 is 6.02. The fourth-order valence-electron chi connectivity index (χ4n) is 1.77. The maximum atomic E-state index is 6.20. The predicted molar refractivity (Wildman–Crippen MR) is 68.8 cm³/mol. The molecule has 2 atom stereocenters. The first-order chi connectivity index (χ1) is 7.54. The lowest BCUT2D eigenvalue weighted by Gasteiger charge is -2.20. The molecular weight excluding hydrogens is 222 g/mol. The second kappa shape index (κ2) is 6.24. The third-order valence-corrected chi connectivity index (χ3v) is 3.06. The van der Waals surface area contributed by atoms with Gasteiger partial charge in [0.2, 0.25) is 0 Å². The molecule has 0 aliphatic carbocycles. The predicted octanol–water partition coefficient (Wildman–Crippen LogP) is 3.32. The molecule has 0 spiro atoms. The molecule has 2 unspecified atom stereocenters. The Hall–Kier alpha value is -0.570. The van der Waals surface area contributed by atoms with E-state index in [1.54, 1.807) is 7.11 Å². The number of nitrogens with two attached hydrogens (primary N) is 1. The van der Waals surface area contributed by atoms with Gasteiger partial charge in [0.15, 0.2) is 0 Å². The van der Waals surface area contributed by atoms with E-state index in [2.05, 4.69) is 13.0 Å². The molecule has 16 heavy (non-hydrogen) atoms. The monoisotopic (exact) mass is 241 g/mol. The summed E-state index contributed by atoms with van der Waals surface area (Å²) in [4.78, 5) is 0. The Morgan fingerprint density at radius 2 is 2.06 bits per heavy atom. The zero-order valence-electron chi connectivity index (χ0n) is 10.2. The minimum absolute atomic E-state index is 0.0209. The molecule has 1 aromatic carbocycles. The zero-order valence-corrected chi connectivity index (χ0v) is 10.9. The molecule has 1 aromatic rings. The van der Waals surface area contributed by atoms with Crippen LogP contribution < -0.4 is 5.73 Å². The van der Waals surface area contributed by atoms with Gasteiger partial charge in [-0.05, 0) is 42.5 Å². The lowest BCUT2D eigenvalue weighted by atomic mass is 9.92. The summed E-state index contributed by atoms with van der Waals surface area (Å²) < 4.78 is 5.06. The number of rotatable bonds is 5. The fourth-order valence-corrected chi connectivity index (χ4v) is 2.07. The first kappa shape index (κ1) is 13.5. The molecule has 0 aromatic heterocycles. The van der Waals surface area contributed by atoms with Crippen molar-refractivity contribution < 1.29 is 4.74 Å². The standard InChI is InChI=1S/C13H20ClNO/c1-9-6-11(8-12(14)7-9)13(15)10(2)4-5-16-3/h6-8,10,13H,4-5,15H2,1-3H3. The van der Waals surface area contributed by atoms with Crippen LogP contribution in [0, 0.1) is 12.8 Å². The van der Waals surface area contributed by atoms with Gasteiger partial charge in [0.05, 0.1) is 0 Å². The van der Waals surface area contributed by atoms with Gasteiger partial charge in [-0.3, -0.25) is 0 Å². The van der Waals surface area contributed by atoms with Gasteiger partial charge < -0.3 is 10.5 Å². The van der Waals surface area contributed by atoms with Gasteiger partial charge in [-0.15, -0.1) is 0 Å². The largest absolute Gasteiger partial charge is 0.385 e. The molecule has 2 N–H and O–H groups in total. The third kappa shape index (κ3) is 3.78. The minimum Gasteiger partial charge on any atom is -0.385 e. The lowest BCUT2D eigenvalue weighted by Crippen LogP contribution is -2.20. The average Bonchev–Trinajstić information content (AvgIpc) is 2.23. The smallest absolute Gasteiger partial charge is 0.0465 e. The van der Waals surface area contributed by atoms with Crippen LogP contribution in [0.3, 0.4) is 0 Å². The highest BCUT2D eigenvalue weighted by molar-refractivity contribution is 6.30. The third-order valence-electron chi connectivity index (χ3n) is 2.84. The van der Waals surface area contributed by atoms with E-state index in [4.69, 9.17) is 22.1 Å². The molecule has 0 bridgehead atoms. The van der Waals surface area contributed by atoms with Crippen LogP contribution in [-0.4, -0.2) is 13.7 Å². The number of ether oxygens (including phenoxy) is 1. The molecule has 3 heteroatoms. The van der Waals surface area contributed by atoms with Crippen molar-refractivity contribution in [3.8, 4) is 0 Å². The summed E-state index contributed by atoms with van der Waals surface area (Å²) in [5.74, 6) is 0.387. The first-order valence-electron chi connectivity index (χ1n) is 5.56. The van der Waals surface area contributed by atoms with Crippen LogP contribution in [0.1, 0.15) is 30.5 Å². The van der Waals surface area contributed by atoms with E-state index in [1.165, 1.54) is 0 Å². The van der Waals surface area contributed by atoms with Gasteiger partial charge in [0.1, 0.15) is 0 Å². The molecule has 0 aliphatic heterocycles. The molecule has 0 radical (unpaired) electrons. The van der Waals surface area contributed by atoms with Crippen LogP contribution in [0.2, 0.25) is 5.02 Å². The van der Waals surface area contributed by atoms with Gasteiger partial charge in [0.25, 0.3) is 0 Å². The Morgan fingerprint density at radius 1 is 1.38 bits per heavy atom. The molecule has 90 valence electrons. The lowest BCUT2D eigenvalue weighted by molar-refractivity contribution is 0.174. The summed E-state index contributed by atoms with van der Waals surface area (Å²) in [6.07, 6.45) is 0.962.